The van der Waals surface area contributed by atoms with Gasteiger partial charge in [0, 0.05) is 22.5 Å². The number of carbonyl (C=O) groups excluding carboxylic acids is 1. The van der Waals surface area contributed by atoms with E-state index in [1.165, 1.54) is 6.07 Å². The molecule has 1 aromatic heterocycles. The molecule has 78 valence electrons. The molecule has 1 N–H and O–H groups in total. The van der Waals surface area contributed by atoms with Gasteiger partial charge in [-0.05, 0) is 31.5 Å². The van der Waals surface area contributed by atoms with Gasteiger partial charge in [-0.3, -0.25) is 0 Å². The predicted octanol–water partition coefficient (Wildman–Crippen LogP) is 2.78. The summed E-state index contributed by atoms with van der Waals surface area (Å²) in [5.41, 5.74) is 0.756. The molecule has 0 unspecified atom stereocenters. The molecule has 2 nitrogen and oxygen atoms in total. The van der Waals surface area contributed by atoms with E-state index in [9.17, 15) is 9.18 Å². The number of nitrogens with one attached hydrogen (secondary N) is 1. The number of hydrogen-bond donors (Lipinski definition) is 1. The number of aldehydes is 1. The van der Waals surface area contributed by atoms with Gasteiger partial charge >= 0.3 is 0 Å². The first-order valence-electron chi connectivity index (χ1n) is 4.78. The zero-order chi connectivity index (χ0) is 11.1. The fourth-order valence-electron chi connectivity index (χ4n) is 1.71. The lowest BCUT2D eigenvalue weighted by atomic mass is 9.86. The lowest BCUT2D eigenvalue weighted by molar-refractivity contribution is -0.111. The average Bonchev–Trinajstić information content (AvgIpc) is 2.63. The number of hydrogen-bond acceptors (Lipinski definition) is 1. The van der Waals surface area contributed by atoms with Crippen molar-refractivity contribution in [2.75, 3.05) is 0 Å². The number of H-pyrrole nitrogens is 1. The Hall–Kier alpha value is -1.64. The highest BCUT2D eigenvalue weighted by Crippen LogP contribution is 2.30. The molecule has 2 rings (SSSR count). The summed E-state index contributed by atoms with van der Waals surface area (Å²) >= 11 is 0. The molecule has 0 amide bonds. The van der Waals surface area contributed by atoms with Crippen molar-refractivity contribution in [2.24, 2.45) is 0 Å². The number of aromatic nitrogens is 1. The second-order valence-electron chi connectivity index (χ2n) is 4.20. The molecule has 0 saturated carbocycles. The summed E-state index contributed by atoms with van der Waals surface area (Å²) in [5.74, 6) is -0.293. The van der Waals surface area contributed by atoms with E-state index in [0.717, 1.165) is 11.8 Å². The molecule has 15 heavy (non-hydrogen) atoms. The summed E-state index contributed by atoms with van der Waals surface area (Å²) < 4.78 is 13.6. The Bertz CT molecular complexity index is 513. The Morgan fingerprint density at radius 2 is 2.13 bits per heavy atom. The van der Waals surface area contributed by atoms with E-state index in [0.29, 0.717) is 10.9 Å². The Kier molecular flexibility index (Phi) is 2.11. The molecule has 0 atom stereocenters. The van der Waals surface area contributed by atoms with E-state index < -0.39 is 5.41 Å². The van der Waals surface area contributed by atoms with Gasteiger partial charge in [-0.25, -0.2) is 4.39 Å². The SMILES string of the molecule is CC(C)(C=O)c1c[nH]c2cccc(F)c12. The van der Waals surface area contributed by atoms with Crippen LogP contribution in [0.25, 0.3) is 10.9 Å². The van der Waals surface area contributed by atoms with E-state index in [4.69, 9.17) is 0 Å². The third-order valence-corrected chi connectivity index (χ3v) is 2.64. The molecule has 2 aromatic rings. The highest BCUT2D eigenvalue weighted by molar-refractivity contribution is 5.88. The molecular weight excluding hydrogens is 193 g/mol. The minimum atomic E-state index is -0.666. The largest absolute Gasteiger partial charge is 0.361 e. The number of aromatic amines is 1. The first-order chi connectivity index (χ1) is 7.06. The van der Waals surface area contributed by atoms with Crippen LogP contribution >= 0.6 is 0 Å². The zero-order valence-electron chi connectivity index (χ0n) is 8.67. The lowest BCUT2D eigenvalue weighted by Crippen LogP contribution is -2.18. The Labute approximate surface area is 87.1 Å². The van der Waals surface area contributed by atoms with Gasteiger partial charge in [0.15, 0.2) is 0 Å². The third-order valence-electron chi connectivity index (χ3n) is 2.64. The Balaban J connectivity index is 2.78. The van der Waals surface area contributed by atoms with Gasteiger partial charge in [0.25, 0.3) is 0 Å². The van der Waals surface area contributed by atoms with Crippen LogP contribution in [0.15, 0.2) is 24.4 Å². The molecule has 1 heterocycles. The minimum Gasteiger partial charge on any atom is -0.361 e. The molecule has 0 aliphatic rings. The van der Waals surface area contributed by atoms with Gasteiger partial charge in [-0.15, -0.1) is 0 Å². The van der Waals surface area contributed by atoms with Gasteiger partial charge in [-0.1, -0.05) is 6.07 Å². The molecule has 0 saturated heterocycles. The Morgan fingerprint density at radius 3 is 2.80 bits per heavy atom. The molecule has 0 bridgehead atoms. The van der Waals surface area contributed by atoms with Crippen LogP contribution in [0.5, 0.6) is 0 Å². The highest BCUT2D eigenvalue weighted by Gasteiger charge is 2.24. The van der Waals surface area contributed by atoms with Gasteiger partial charge in [0.1, 0.15) is 12.1 Å². The van der Waals surface area contributed by atoms with Crippen LogP contribution in [0, 0.1) is 5.82 Å². The van der Waals surface area contributed by atoms with Gasteiger partial charge in [0.2, 0.25) is 0 Å². The normalized spacial score (nSPS) is 11.9. The van der Waals surface area contributed by atoms with Crippen molar-refractivity contribution in [2.45, 2.75) is 19.3 Å². The molecule has 1 aromatic carbocycles. The van der Waals surface area contributed by atoms with E-state index in [-0.39, 0.29) is 5.82 Å². The third kappa shape index (κ3) is 1.44. The average molecular weight is 205 g/mol. The van der Waals surface area contributed by atoms with Crippen LogP contribution in [0.1, 0.15) is 19.4 Å². The first kappa shape index (κ1) is 9.90. The second kappa shape index (κ2) is 3.19. The molecule has 3 heteroatoms. The summed E-state index contributed by atoms with van der Waals surface area (Å²) in [6.07, 6.45) is 2.53. The van der Waals surface area contributed by atoms with E-state index in [1.54, 1.807) is 32.2 Å². The number of benzene rings is 1. The zero-order valence-corrected chi connectivity index (χ0v) is 8.67. The summed E-state index contributed by atoms with van der Waals surface area (Å²) in [6, 6.07) is 4.84. The fourth-order valence-corrected chi connectivity index (χ4v) is 1.71. The second-order valence-corrected chi connectivity index (χ2v) is 4.20. The van der Waals surface area contributed by atoms with Crippen molar-refractivity contribution < 1.29 is 9.18 Å². The molecule has 0 aliphatic heterocycles. The van der Waals surface area contributed by atoms with Gasteiger partial charge in [-0.2, -0.15) is 0 Å². The lowest BCUT2D eigenvalue weighted by Gasteiger charge is -2.15. The topological polar surface area (TPSA) is 32.9 Å². The molecular formula is C12H12FNO. The standard InChI is InChI=1S/C12H12FNO/c1-12(2,7-15)8-6-14-10-5-3-4-9(13)11(8)10/h3-7,14H,1-2H3. The number of rotatable bonds is 2. The first-order valence-corrected chi connectivity index (χ1v) is 4.78. The monoisotopic (exact) mass is 205 g/mol. The van der Waals surface area contributed by atoms with Crippen molar-refractivity contribution >= 4 is 17.2 Å². The minimum absolute atomic E-state index is 0.293. The van der Waals surface area contributed by atoms with Crippen molar-refractivity contribution in [1.82, 2.24) is 4.98 Å². The van der Waals surface area contributed by atoms with E-state index in [1.807, 2.05) is 0 Å². The van der Waals surface area contributed by atoms with Crippen LogP contribution in [0.4, 0.5) is 4.39 Å². The van der Waals surface area contributed by atoms with E-state index >= 15 is 0 Å². The summed E-state index contributed by atoms with van der Waals surface area (Å²) in [5, 5.41) is 0.509. The van der Waals surface area contributed by atoms with Gasteiger partial charge < -0.3 is 9.78 Å². The fraction of sp³-hybridized carbons (Fsp3) is 0.250. The maximum atomic E-state index is 13.6. The summed E-state index contributed by atoms with van der Waals surface area (Å²) in [7, 11) is 0. The summed E-state index contributed by atoms with van der Waals surface area (Å²) in [4.78, 5) is 13.9. The van der Waals surface area contributed by atoms with Crippen molar-refractivity contribution in [1.29, 1.82) is 0 Å². The van der Waals surface area contributed by atoms with E-state index in [2.05, 4.69) is 4.98 Å². The Morgan fingerprint density at radius 1 is 1.40 bits per heavy atom. The van der Waals surface area contributed by atoms with Crippen LogP contribution < -0.4 is 0 Å². The van der Waals surface area contributed by atoms with Crippen molar-refractivity contribution in [3.63, 3.8) is 0 Å². The maximum Gasteiger partial charge on any atom is 0.132 e. The molecule has 0 radical (unpaired) electrons. The smallest absolute Gasteiger partial charge is 0.132 e. The van der Waals surface area contributed by atoms with Crippen LogP contribution in [-0.2, 0) is 10.2 Å². The number of carbonyl (C=O) groups is 1. The highest BCUT2D eigenvalue weighted by atomic mass is 19.1. The van der Waals surface area contributed by atoms with Crippen molar-refractivity contribution in [3.8, 4) is 0 Å². The molecule has 0 spiro atoms. The van der Waals surface area contributed by atoms with Crippen LogP contribution in [-0.4, -0.2) is 11.3 Å². The van der Waals surface area contributed by atoms with Gasteiger partial charge in [0.05, 0.1) is 0 Å². The summed E-state index contributed by atoms with van der Waals surface area (Å²) in [6.45, 7) is 3.55. The number of halogens is 1. The van der Waals surface area contributed by atoms with Crippen LogP contribution in [0.3, 0.4) is 0 Å². The van der Waals surface area contributed by atoms with Crippen LogP contribution in [0.2, 0.25) is 0 Å². The predicted molar refractivity (Wildman–Crippen MR) is 57.3 cm³/mol. The quantitative estimate of drug-likeness (QED) is 0.751. The number of fused-ring (bicyclic) bond motifs is 1. The van der Waals surface area contributed by atoms with Crippen molar-refractivity contribution in [3.05, 3.63) is 35.8 Å². The maximum absolute atomic E-state index is 13.6. The molecule has 0 aliphatic carbocycles. The molecule has 0 fully saturated rings.